The molecule has 1 aliphatic rings. The van der Waals surface area contributed by atoms with Gasteiger partial charge in [0.05, 0.1) is 11.9 Å². The highest BCUT2D eigenvalue weighted by atomic mass is 16.2. The number of urea groups is 1. The van der Waals surface area contributed by atoms with Crippen molar-refractivity contribution in [2.75, 3.05) is 11.9 Å². The van der Waals surface area contributed by atoms with Crippen LogP contribution in [0.25, 0.3) is 0 Å². The summed E-state index contributed by atoms with van der Waals surface area (Å²) in [4.78, 5) is 20.3. The number of pyridine rings is 1. The molecule has 0 saturated carbocycles. The van der Waals surface area contributed by atoms with Crippen molar-refractivity contribution in [3.05, 3.63) is 42.2 Å². The standard InChI is InChI=1S/C15H19N5O/c1-11-2-4-13(9-17-11)19-15(21)18-8-12-3-5-14-16-6-7-20(14)10-12/h2,4,6-7,9,12H,3,5,8,10H2,1H3,(H2,18,19,21). The van der Waals surface area contributed by atoms with Crippen LogP contribution < -0.4 is 10.6 Å². The van der Waals surface area contributed by atoms with Gasteiger partial charge in [0.1, 0.15) is 5.82 Å². The van der Waals surface area contributed by atoms with Gasteiger partial charge in [0.2, 0.25) is 0 Å². The van der Waals surface area contributed by atoms with Gasteiger partial charge in [-0.25, -0.2) is 9.78 Å². The lowest BCUT2D eigenvalue weighted by Gasteiger charge is -2.24. The lowest BCUT2D eigenvalue weighted by molar-refractivity contribution is 0.247. The minimum atomic E-state index is -0.183. The van der Waals surface area contributed by atoms with Gasteiger partial charge in [-0.2, -0.15) is 0 Å². The third kappa shape index (κ3) is 3.39. The molecule has 0 bridgehead atoms. The number of amides is 2. The predicted molar refractivity (Wildman–Crippen MR) is 80.0 cm³/mol. The summed E-state index contributed by atoms with van der Waals surface area (Å²) < 4.78 is 2.16. The second-order valence-electron chi connectivity index (χ2n) is 5.42. The molecule has 6 nitrogen and oxygen atoms in total. The fourth-order valence-electron chi connectivity index (χ4n) is 2.56. The first-order valence-electron chi connectivity index (χ1n) is 7.18. The van der Waals surface area contributed by atoms with E-state index in [1.807, 2.05) is 31.5 Å². The van der Waals surface area contributed by atoms with Crippen LogP contribution >= 0.6 is 0 Å². The Balaban J connectivity index is 1.47. The zero-order valence-electron chi connectivity index (χ0n) is 12.0. The third-order valence-corrected chi connectivity index (χ3v) is 3.75. The smallest absolute Gasteiger partial charge is 0.319 e. The van der Waals surface area contributed by atoms with E-state index in [9.17, 15) is 4.79 Å². The van der Waals surface area contributed by atoms with Crippen molar-refractivity contribution in [1.29, 1.82) is 0 Å². The predicted octanol–water partition coefficient (Wildman–Crippen LogP) is 1.97. The van der Waals surface area contributed by atoms with E-state index in [1.165, 1.54) is 0 Å². The Morgan fingerprint density at radius 2 is 2.33 bits per heavy atom. The normalized spacial score (nSPS) is 17.1. The highest BCUT2D eigenvalue weighted by molar-refractivity contribution is 5.88. The van der Waals surface area contributed by atoms with Gasteiger partial charge in [0.25, 0.3) is 0 Å². The number of carbonyl (C=O) groups excluding carboxylic acids is 1. The van der Waals surface area contributed by atoms with Crippen LogP contribution in [0.1, 0.15) is 17.9 Å². The third-order valence-electron chi connectivity index (χ3n) is 3.75. The van der Waals surface area contributed by atoms with E-state index in [-0.39, 0.29) is 6.03 Å². The van der Waals surface area contributed by atoms with Crippen LogP contribution in [0, 0.1) is 12.8 Å². The van der Waals surface area contributed by atoms with Gasteiger partial charge in [-0.05, 0) is 31.4 Å². The number of nitrogens with zero attached hydrogens (tertiary/aromatic N) is 3. The Bertz CT molecular complexity index is 619. The van der Waals surface area contributed by atoms with Crippen LogP contribution in [0.15, 0.2) is 30.7 Å². The van der Waals surface area contributed by atoms with Crippen LogP contribution in [-0.2, 0) is 13.0 Å². The lowest BCUT2D eigenvalue weighted by Crippen LogP contribution is -2.36. The molecule has 1 unspecified atom stereocenters. The number of fused-ring (bicyclic) bond motifs is 1. The minimum Gasteiger partial charge on any atom is -0.338 e. The fourth-order valence-corrected chi connectivity index (χ4v) is 2.56. The van der Waals surface area contributed by atoms with Crippen molar-refractivity contribution in [3.8, 4) is 0 Å². The SMILES string of the molecule is Cc1ccc(NC(=O)NCC2CCc3nccn3C2)cn1. The van der Waals surface area contributed by atoms with Crippen molar-refractivity contribution < 1.29 is 4.79 Å². The lowest BCUT2D eigenvalue weighted by atomic mass is 9.99. The molecule has 0 aliphatic carbocycles. The number of nitrogens with one attached hydrogen (secondary N) is 2. The molecule has 3 rings (SSSR count). The van der Waals surface area contributed by atoms with E-state index >= 15 is 0 Å². The molecular formula is C15H19N5O. The van der Waals surface area contributed by atoms with Crippen molar-refractivity contribution in [1.82, 2.24) is 19.9 Å². The molecule has 1 aliphatic heterocycles. The first kappa shape index (κ1) is 13.6. The second kappa shape index (κ2) is 5.95. The maximum Gasteiger partial charge on any atom is 0.319 e. The molecule has 0 spiro atoms. The van der Waals surface area contributed by atoms with E-state index in [2.05, 4.69) is 25.2 Å². The van der Waals surface area contributed by atoms with Crippen molar-refractivity contribution in [3.63, 3.8) is 0 Å². The van der Waals surface area contributed by atoms with Gasteiger partial charge in [0, 0.05) is 37.6 Å². The molecule has 0 aromatic carbocycles. The summed E-state index contributed by atoms with van der Waals surface area (Å²) in [6.45, 7) is 3.50. The Kier molecular flexibility index (Phi) is 3.85. The molecule has 3 heterocycles. The van der Waals surface area contributed by atoms with Gasteiger partial charge in [-0.3, -0.25) is 4.98 Å². The zero-order chi connectivity index (χ0) is 14.7. The Morgan fingerprint density at radius 3 is 3.14 bits per heavy atom. The van der Waals surface area contributed by atoms with Crippen LogP contribution in [0.5, 0.6) is 0 Å². The van der Waals surface area contributed by atoms with Crippen molar-refractivity contribution >= 4 is 11.7 Å². The zero-order valence-corrected chi connectivity index (χ0v) is 12.0. The van der Waals surface area contributed by atoms with E-state index in [0.717, 1.165) is 30.9 Å². The summed E-state index contributed by atoms with van der Waals surface area (Å²) in [6, 6.07) is 3.54. The monoisotopic (exact) mass is 285 g/mol. The molecule has 0 saturated heterocycles. The van der Waals surface area contributed by atoms with Gasteiger partial charge >= 0.3 is 6.03 Å². The average Bonchev–Trinajstić information content (AvgIpc) is 2.95. The Morgan fingerprint density at radius 1 is 1.43 bits per heavy atom. The summed E-state index contributed by atoms with van der Waals surface area (Å²) >= 11 is 0. The Labute approximate surface area is 123 Å². The molecule has 110 valence electrons. The molecule has 21 heavy (non-hydrogen) atoms. The van der Waals surface area contributed by atoms with E-state index in [1.54, 1.807) is 6.20 Å². The quantitative estimate of drug-likeness (QED) is 0.905. The highest BCUT2D eigenvalue weighted by Gasteiger charge is 2.19. The van der Waals surface area contributed by atoms with Crippen molar-refractivity contribution in [2.45, 2.75) is 26.3 Å². The summed E-state index contributed by atoms with van der Waals surface area (Å²) in [5, 5.41) is 5.72. The number of rotatable bonds is 3. The topological polar surface area (TPSA) is 71.8 Å². The molecule has 2 N–H and O–H groups in total. The largest absolute Gasteiger partial charge is 0.338 e. The van der Waals surface area contributed by atoms with E-state index in [4.69, 9.17) is 0 Å². The van der Waals surface area contributed by atoms with Gasteiger partial charge in [-0.1, -0.05) is 0 Å². The van der Waals surface area contributed by atoms with Gasteiger partial charge in [-0.15, -0.1) is 0 Å². The number of aryl methyl sites for hydroxylation is 2. The molecule has 0 fully saturated rings. The Hall–Kier alpha value is -2.37. The molecule has 2 aromatic heterocycles. The first-order valence-corrected chi connectivity index (χ1v) is 7.18. The number of carbonyl (C=O) groups is 1. The van der Waals surface area contributed by atoms with Crippen molar-refractivity contribution in [2.24, 2.45) is 5.92 Å². The highest BCUT2D eigenvalue weighted by Crippen LogP contribution is 2.17. The van der Waals surface area contributed by atoms with Crippen LogP contribution in [-0.4, -0.2) is 27.1 Å². The van der Waals surface area contributed by atoms with Gasteiger partial charge in [0.15, 0.2) is 0 Å². The molecule has 6 heteroatoms. The number of hydrogen-bond donors (Lipinski definition) is 2. The molecule has 1 atom stereocenters. The van der Waals surface area contributed by atoms with E-state index < -0.39 is 0 Å². The molecular weight excluding hydrogens is 266 g/mol. The van der Waals surface area contributed by atoms with Crippen LogP contribution in [0.4, 0.5) is 10.5 Å². The fraction of sp³-hybridized carbons (Fsp3) is 0.400. The maximum absolute atomic E-state index is 11.9. The molecule has 2 amide bonds. The summed E-state index contributed by atoms with van der Waals surface area (Å²) in [7, 11) is 0. The van der Waals surface area contributed by atoms with E-state index in [0.29, 0.717) is 18.2 Å². The molecule has 2 aromatic rings. The number of anilines is 1. The van der Waals surface area contributed by atoms with Crippen LogP contribution in [0.2, 0.25) is 0 Å². The summed E-state index contributed by atoms with van der Waals surface area (Å²) in [6.07, 6.45) is 7.53. The summed E-state index contributed by atoms with van der Waals surface area (Å²) in [5.74, 6) is 1.59. The number of hydrogen-bond acceptors (Lipinski definition) is 3. The first-order chi connectivity index (χ1) is 10.2. The maximum atomic E-state index is 11.9. The van der Waals surface area contributed by atoms with Gasteiger partial charge < -0.3 is 15.2 Å². The number of aromatic nitrogens is 3. The molecule has 0 radical (unpaired) electrons. The minimum absolute atomic E-state index is 0.183. The number of imidazole rings is 1. The second-order valence-corrected chi connectivity index (χ2v) is 5.42. The van der Waals surface area contributed by atoms with Crippen LogP contribution in [0.3, 0.4) is 0 Å². The summed E-state index contributed by atoms with van der Waals surface area (Å²) in [5.41, 5.74) is 1.64. The average molecular weight is 285 g/mol.